The molecule has 0 spiro atoms. The first kappa shape index (κ1) is 9.44. The van der Waals surface area contributed by atoms with Crippen LogP contribution in [0.25, 0.3) is 0 Å². The molecule has 69 valence electrons. The van der Waals surface area contributed by atoms with Crippen molar-refractivity contribution in [2.24, 2.45) is 10.2 Å². The average molecular weight is 181 g/mol. The van der Waals surface area contributed by atoms with Gasteiger partial charge in [0.1, 0.15) is 5.70 Å². The third kappa shape index (κ3) is 2.14. The zero-order valence-corrected chi connectivity index (χ0v) is 7.40. The summed E-state index contributed by atoms with van der Waals surface area (Å²) in [5.74, 6) is -0.773. The summed E-state index contributed by atoms with van der Waals surface area (Å²) in [6.45, 7) is 3.33. The number of hydrogen-bond donors (Lipinski definition) is 0. The monoisotopic (exact) mass is 181 g/mol. The Morgan fingerprint density at radius 3 is 2.69 bits per heavy atom. The second-order valence-corrected chi connectivity index (χ2v) is 2.39. The van der Waals surface area contributed by atoms with E-state index in [0.717, 1.165) is 0 Å². The van der Waals surface area contributed by atoms with Crippen molar-refractivity contribution in [1.82, 2.24) is 0 Å². The van der Waals surface area contributed by atoms with E-state index in [1.807, 2.05) is 0 Å². The van der Waals surface area contributed by atoms with Gasteiger partial charge in [-0.1, -0.05) is 0 Å². The molecule has 5 nitrogen and oxygen atoms in total. The molecular formula is C8H9N2O3. The molecule has 1 radical (unpaired) electrons. The summed E-state index contributed by atoms with van der Waals surface area (Å²) in [5.41, 5.74) is 0.259. The molecule has 0 saturated heterocycles. The van der Waals surface area contributed by atoms with E-state index in [9.17, 15) is 9.90 Å². The van der Waals surface area contributed by atoms with E-state index in [2.05, 4.69) is 15.0 Å². The van der Waals surface area contributed by atoms with Crippen molar-refractivity contribution in [2.75, 3.05) is 6.61 Å². The van der Waals surface area contributed by atoms with Crippen LogP contribution in [0.4, 0.5) is 0 Å². The molecule has 1 rings (SSSR count). The van der Waals surface area contributed by atoms with Gasteiger partial charge in [-0.3, -0.25) is 4.79 Å². The van der Waals surface area contributed by atoms with Crippen LogP contribution in [0, 0.1) is 0 Å². The number of carbonyl (C=O) groups is 1. The lowest BCUT2D eigenvalue weighted by atomic mass is 10.3. The largest absolute Gasteiger partial charge is 0.461 e. The molecule has 0 amide bonds. The van der Waals surface area contributed by atoms with E-state index in [1.165, 1.54) is 13.0 Å². The molecule has 1 aliphatic rings. The second kappa shape index (κ2) is 3.84. The Hall–Kier alpha value is -1.65. The van der Waals surface area contributed by atoms with E-state index in [4.69, 9.17) is 0 Å². The molecule has 0 aromatic carbocycles. The van der Waals surface area contributed by atoms with Crippen LogP contribution in [-0.2, 0) is 14.6 Å². The molecule has 0 aromatic rings. The van der Waals surface area contributed by atoms with Gasteiger partial charge in [0, 0.05) is 13.0 Å². The number of hydrogen-bond acceptors (Lipinski definition) is 4. The molecule has 0 N–H and O–H groups in total. The van der Waals surface area contributed by atoms with Gasteiger partial charge >= 0.3 is 5.95 Å². The number of Topliss-reactive ketones (excluding diaryl/α,β-unsaturated/α-hetero) is 1. The maximum atomic E-state index is 11.0. The molecule has 0 aromatic heterocycles. The fraction of sp³-hybridized carbons (Fsp3) is 0.375. The third-order valence-electron chi connectivity index (χ3n) is 1.38. The van der Waals surface area contributed by atoms with Crippen molar-refractivity contribution < 1.29 is 14.6 Å². The van der Waals surface area contributed by atoms with E-state index < -0.39 is 5.95 Å². The average Bonchev–Trinajstić information content (AvgIpc) is 2.52. The summed E-state index contributed by atoms with van der Waals surface area (Å²) in [6.07, 6.45) is 1.32. The maximum absolute atomic E-state index is 11.0. The van der Waals surface area contributed by atoms with Crippen LogP contribution in [0.1, 0.15) is 13.8 Å². The number of carbonyl (C=O) groups excluding carboxylic acids is 1. The minimum Gasteiger partial charge on any atom is -0.461 e. The van der Waals surface area contributed by atoms with E-state index in [0.29, 0.717) is 0 Å². The first-order valence-electron chi connectivity index (χ1n) is 3.83. The Labute approximate surface area is 75.4 Å². The molecule has 0 unspecified atom stereocenters. The Morgan fingerprint density at radius 1 is 1.54 bits per heavy atom. The van der Waals surface area contributed by atoms with Crippen molar-refractivity contribution in [3.8, 4) is 0 Å². The topological polar surface area (TPSA) is 70.9 Å². The van der Waals surface area contributed by atoms with Gasteiger partial charge < -0.3 is 4.74 Å². The lowest BCUT2D eigenvalue weighted by molar-refractivity contribution is -0.113. The van der Waals surface area contributed by atoms with Gasteiger partial charge in [0.25, 0.3) is 0 Å². The standard InChI is InChI=1S/C8H9N2O3/c1-3-13-8(12)7-4-6(5(2)11)9-10-7/h4H,3H2,1-2H3. The predicted molar refractivity (Wildman–Crippen MR) is 43.0 cm³/mol. The molecular weight excluding hydrogens is 172 g/mol. The van der Waals surface area contributed by atoms with Gasteiger partial charge in [-0.25, -0.2) is 5.11 Å². The molecule has 0 fully saturated rings. The molecule has 13 heavy (non-hydrogen) atoms. The van der Waals surface area contributed by atoms with Crippen molar-refractivity contribution in [3.63, 3.8) is 0 Å². The van der Waals surface area contributed by atoms with Crippen LogP contribution in [-0.4, -0.2) is 12.4 Å². The van der Waals surface area contributed by atoms with Crippen LogP contribution in [0.15, 0.2) is 33.6 Å². The minimum absolute atomic E-state index is 0.0760. The molecule has 1 heterocycles. The third-order valence-corrected chi connectivity index (χ3v) is 1.38. The zero-order chi connectivity index (χ0) is 9.84. The highest BCUT2D eigenvalue weighted by atomic mass is 16.6. The lowest BCUT2D eigenvalue weighted by Crippen LogP contribution is -1.92. The predicted octanol–water partition coefficient (Wildman–Crippen LogP) is 1.56. The van der Waals surface area contributed by atoms with Gasteiger partial charge in [-0.05, 0) is 6.92 Å². The van der Waals surface area contributed by atoms with Gasteiger partial charge in [0.15, 0.2) is 11.5 Å². The highest BCUT2D eigenvalue weighted by Crippen LogP contribution is 2.19. The van der Waals surface area contributed by atoms with Gasteiger partial charge in [-0.2, -0.15) is 0 Å². The fourth-order valence-electron chi connectivity index (χ4n) is 0.772. The van der Waals surface area contributed by atoms with Crippen LogP contribution < -0.4 is 0 Å². The molecule has 5 heteroatoms. The van der Waals surface area contributed by atoms with Crippen LogP contribution in [0.5, 0.6) is 0 Å². The van der Waals surface area contributed by atoms with Crippen LogP contribution in [0.2, 0.25) is 0 Å². The maximum Gasteiger partial charge on any atom is 0.358 e. The van der Waals surface area contributed by atoms with Gasteiger partial charge in [-0.15, -0.1) is 10.2 Å². The summed E-state index contributed by atoms with van der Waals surface area (Å²) in [4.78, 5) is 10.8. The van der Waals surface area contributed by atoms with Gasteiger partial charge in [0.2, 0.25) is 0 Å². The number of ketones is 1. The number of rotatable bonds is 3. The van der Waals surface area contributed by atoms with Crippen molar-refractivity contribution in [3.05, 3.63) is 23.4 Å². The Morgan fingerprint density at radius 2 is 2.23 bits per heavy atom. The number of nitrogens with zero attached hydrogens (tertiary/aromatic N) is 2. The highest BCUT2D eigenvalue weighted by Gasteiger charge is 2.15. The van der Waals surface area contributed by atoms with E-state index in [-0.39, 0.29) is 23.8 Å². The van der Waals surface area contributed by atoms with Crippen molar-refractivity contribution in [2.45, 2.75) is 13.8 Å². The number of azo groups is 1. The number of ether oxygens (including phenoxy) is 1. The highest BCUT2D eigenvalue weighted by molar-refractivity contribution is 5.93. The minimum atomic E-state index is -0.553. The normalized spacial score (nSPS) is 18.5. The zero-order valence-electron chi connectivity index (χ0n) is 7.40. The Balaban J connectivity index is 2.84. The Kier molecular flexibility index (Phi) is 2.79. The first-order chi connectivity index (χ1) is 6.15. The van der Waals surface area contributed by atoms with Crippen molar-refractivity contribution in [1.29, 1.82) is 0 Å². The number of allylic oxidation sites excluding steroid dienone is 2. The summed E-state index contributed by atoms with van der Waals surface area (Å²) in [6, 6.07) is 0. The lowest BCUT2D eigenvalue weighted by Gasteiger charge is -1.95. The summed E-state index contributed by atoms with van der Waals surface area (Å²) < 4.78 is 4.67. The van der Waals surface area contributed by atoms with Gasteiger partial charge in [0.05, 0.1) is 6.61 Å². The first-order valence-corrected chi connectivity index (χ1v) is 3.83. The van der Waals surface area contributed by atoms with E-state index in [1.54, 1.807) is 6.92 Å². The van der Waals surface area contributed by atoms with Crippen LogP contribution >= 0.6 is 0 Å². The molecule has 0 saturated carbocycles. The van der Waals surface area contributed by atoms with Crippen LogP contribution in [0.3, 0.4) is 0 Å². The Bertz CT molecular complexity index is 315. The summed E-state index contributed by atoms with van der Waals surface area (Å²) in [5, 5.41) is 18.1. The summed E-state index contributed by atoms with van der Waals surface area (Å²) in [7, 11) is 0. The van der Waals surface area contributed by atoms with Crippen molar-refractivity contribution >= 4 is 5.78 Å². The molecule has 1 aliphatic heterocycles. The molecule has 0 atom stereocenters. The van der Waals surface area contributed by atoms with E-state index >= 15 is 0 Å². The smallest absolute Gasteiger partial charge is 0.358 e. The SMILES string of the molecule is CCOC([O])=C1C=C(C(C)=O)N=N1. The second-order valence-electron chi connectivity index (χ2n) is 2.39. The fourth-order valence-corrected chi connectivity index (χ4v) is 0.772. The molecule has 0 aliphatic carbocycles. The molecule has 0 bridgehead atoms. The quantitative estimate of drug-likeness (QED) is 0.620. The summed E-state index contributed by atoms with van der Waals surface area (Å²) >= 11 is 0.